The molecule has 1 aromatic rings. The minimum Gasteiger partial charge on any atom is -0.207 e. The van der Waals surface area contributed by atoms with Crippen molar-refractivity contribution in [2.75, 3.05) is 0 Å². The van der Waals surface area contributed by atoms with Crippen molar-refractivity contribution in [2.45, 2.75) is 10.8 Å². The molecule has 2 nitrogen and oxygen atoms in total. The molecule has 0 heterocycles. The summed E-state index contributed by atoms with van der Waals surface area (Å²) >= 11 is 5.30. The van der Waals surface area contributed by atoms with Gasteiger partial charge in [-0.25, -0.2) is 4.39 Å². The molecule has 0 N–H and O–H groups in total. The fourth-order valence-corrected chi connectivity index (χ4v) is 1.52. The number of benzene rings is 1. The second-order valence-corrected chi connectivity index (χ2v) is 3.94. The van der Waals surface area contributed by atoms with Crippen molar-refractivity contribution in [3.63, 3.8) is 0 Å². The molecule has 0 fully saturated rings. The van der Waals surface area contributed by atoms with Crippen molar-refractivity contribution in [1.29, 1.82) is 0 Å². The number of alkyl halides is 1. The van der Waals surface area contributed by atoms with Crippen LogP contribution in [0.5, 0.6) is 0 Å². The quantitative estimate of drug-likeness (QED) is 0.572. The Balaban J connectivity index is 3.30. The van der Waals surface area contributed by atoms with Crippen LogP contribution in [0.1, 0.15) is 5.56 Å². The summed E-state index contributed by atoms with van der Waals surface area (Å²) in [4.78, 5) is -0.579. The molecule has 13 heavy (non-hydrogen) atoms. The van der Waals surface area contributed by atoms with Gasteiger partial charge < -0.3 is 0 Å². The van der Waals surface area contributed by atoms with Gasteiger partial charge in [-0.3, -0.25) is 0 Å². The summed E-state index contributed by atoms with van der Waals surface area (Å²) in [5.41, 5.74) is -0.0413. The van der Waals surface area contributed by atoms with Crippen molar-refractivity contribution < 1.29 is 16.7 Å². The van der Waals surface area contributed by atoms with E-state index < -0.39 is 20.9 Å². The summed E-state index contributed by atoms with van der Waals surface area (Å²) in [6.07, 6.45) is 0. The first-order valence-electron chi connectivity index (χ1n) is 3.24. The zero-order valence-corrected chi connectivity index (χ0v) is 7.87. The summed E-state index contributed by atoms with van der Waals surface area (Å²) in [6, 6.07) is 2.59. The Morgan fingerprint density at radius 1 is 1.38 bits per heavy atom. The van der Waals surface area contributed by atoms with Crippen molar-refractivity contribution in [2.24, 2.45) is 0 Å². The molecule has 0 aromatic heterocycles. The van der Waals surface area contributed by atoms with Gasteiger partial charge in [0.25, 0.3) is 0 Å². The van der Waals surface area contributed by atoms with Crippen molar-refractivity contribution in [1.82, 2.24) is 0 Å². The highest BCUT2D eigenvalue weighted by molar-refractivity contribution is 7.86. The third-order valence-corrected chi connectivity index (χ3v) is 2.55. The third kappa shape index (κ3) is 2.38. The Morgan fingerprint density at radius 2 is 2.00 bits per heavy atom. The lowest BCUT2D eigenvalue weighted by atomic mass is 10.2. The van der Waals surface area contributed by atoms with Crippen LogP contribution in [0.2, 0.25) is 0 Å². The largest absolute Gasteiger partial charge is 0.332 e. The van der Waals surface area contributed by atoms with Crippen LogP contribution in [0.25, 0.3) is 0 Å². The van der Waals surface area contributed by atoms with E-state index in [2.05, 4.69) is 0 Å². The fraction of sp³-hybridized carbons (Fsp3) is 0.143. The Morgan fingerprint density at radius 3 is 2.46 bits per heavy atom. The van der Waals surface area contributed by atoms with Gasteiger partial charge in [-0.1, -0.05) is 0 Å². The van der Waals surface area contributed by atoms with Crippen molar-refractivity contribution >= 4 is 21.8 Å². The molecule has 0 saturated heterocycles. The van der Waals surface area contributed by atoms with E-state index in [4.69, 9.17) is 11.6 Å². The lowest BCUT2D eigenvalue weighted by Gasteiger charge is -1.99. The third-order valence-electron chi connectivity index (χ3n) is 1.44. The van der Waals surface area contributed by atoms with Gasteiger partial charge in [0.15, 0.2) is 0 Å². The van der Waals surface area contributed by atoms with E-state index in [0.29, 0.717) is 0 Å². The van der Waals surface area contributed by atoms with Crippen LogP contribution in [0.3, 0.4) is 0 Å². The molecule has 0 bridgehead atoms. The Labute approximate surface area is 79.4 Å². The van der Waals surface area contributed by atoms with Crippen molar-refractivity contribution in [3.8, 4) is 0 Å². The van der Waals surface area contributed by atoms with E-state index in [0.717, 1.165) is 18.2 Å². The second kappa shape index (κ2) is 3.59. The molecule has 1 aromatic carbocycles. The van der Waals surface area contributed by atoms with E-state index in [9.17, 15) is 16.7 Å². The predicted molar refractivity (Wildman–Crippen MR) is 44.3 cm³/mol. The first-order chi connectivity index (χ1) is 5.95. The van der Waals surface area contributed by atoms with Gasteiger partial charge in [0, 0.05) is 5.56 Å². The molecule has 0 atom stereocenters. The molecule has 6 heteroatoms. The topological polar surface area (TPSA) is 34.1 Å². The van der Waals surface area contributed by atoms with Crippen LogP contribution in [-0.4, -0.2) is 8.42 Å². The number of hydrogen-bond donors (Lipinski definition) is 0. The van der Waals surface area contributed by atoms with Gasteiger partial charge in [-0.15, -0.1) is 15.5 Å². The maximum atomic E-state index is 12.8. The average molecular weight is 227 g/mol. The van der Waals surface area contributed by atoms with Crippen LogP contribution >= 0.6 is 11.6 Å². The van der Waals surface area contributed by atoms with Crippen LogP contribution in [0, 0.1) is 5.82 Å². The highest BCUT2D eigenvalue weighted by Crippen LogP contribution is 2.18. The molecule has 72 valence electrons. The maximum Gasteiger partial charge on any atom is 0.332 e. The molecule has 0 spiro atoms. The van der Waals surface area contributed by atoms with E-state index >= 15 is 0 Å². The average Bonchev–Trinajstić information content (AvgIpc) is 2.03. The number of halogens is 3. The molecule has 0 radical (unpaired) electrons. The van der Waals surface area contributed by atoms with Gasteiger partial charge in [0.05, 0.1) is 10.8 Å². The summed E-state index contributed by atoms with van der Waals surface area (Å²) in [7, 11) is -4.78. The zero-order valence-electron chi connectivity index (χ0n) is 6.30. The van der Waals surface area contributed by atoms with Crippen LogP contribution < -0.4 is 0 Å². The molecule has 0 aliphatic carbocycles. The second-order valence-electron chi connectivity index (χ2n) is 2.32. The lowest BCUT2D eigenvalue weighted by molar-refractivity contribution is 0.551. The SMILES string of the molecule is O=S(=O)(F)c1ccc(F)c(CCl)c1. The molecular weight excluding hydrogens is 222 g/mol. The highest BCUT2D eigenvalue weighted by atomic mass is 35.5. The molecule has 0 aliphatic heterocycles. The lowest BCUT2D eigenvalue weighted by Crippen LogP contribution is -1.95. The first-order valence-corrected chi connectivity index (χ1v) is 5.16. The standard InChI is InChI=1S/C7H5ClF2O2S/c8-4-5-3-6(13(10,11)12)1-2-7(5)9/h1-3H,4H2. The fourth-order valence-electron chi connectivity index (χ4n) is 0.805. The molecule has 0 aliphatic rings. The summed E-state index contributed by atoms with van der Waals surface area (Å²) in [5.74, 6) is -0.850. The highest BCUT2D eigenvalue weighted by Gasteiger charge is 2.13. The predicted octanol–water partition coefficient (Wildman–Crippen LogP) is 2.22. The Kier molecular flexibility index (Phi) is 2.87. The minimum absolute atomic E-state index is 0.0413. The molecule has 0 saturated carbocycles. The zero-order chi connectivity index (χ0) is 10.1. The maximum absolute atomic E-state index is 12.8. The van der Waals surface area contributed by atoms with Gasteiger partial charge in [-0.05, 0) is 18.2 Å². The summed E-state index contributed by atoms with van der Waals surface area (Å²) in [5, 5.41) is 0. The van der Waals surface area contributed by atoms with E-state index in [1.54, 1.807) is 0 Å². The van der Waals surface area contributed by atoms with Gasteiger partial charge in [0.1, 0.15) is 5.82 Å². The molecular formula is C7H5ClF2O2S. The summed E-state index contributed by atoms with van der Waals surface area (Å²) in [6.45, 7) is 0. The molecule has 0 unspecified atom stereocenters. The number of rotatable bonds is 2. The smallest absolute Gasteiger partial charge is 0.207 e. The van der Waals surface area contributed by atoms with E-state index in [1.165, 1.54) is 0 Å². The van der Waals surface area contributed by atoms with Crippen LogP contribution in [0.4, 0.5) is 8.28 Å². The monoisotopic (exact) mass is 226 g/mol. The van der Waals surface area contributed by atoms with Crippen LogP contribution in [-0.2, 0) is 16.1 Å². The first kappa shape index (κ1) is 10.4. The Bertz CT molecular complexity index is 417. The van der Waals surface area contributed by atoms with Crippen molar-refractivity contribution in [3.05, 3.63) is 29.6 Å². The summed E-state index contributed by atoms with van der Waals surface area (Å²) < 4.78 is 45.9. The van der Waals surface area contributed by atoms with Crippen LogP contribution in [0.15, 0.2) is 23.1 Å². The van der Waals surface area contributed by atoms with Gasteiger partial charge in [0.2, 0.25) is 0 Å². The van der Waals surface area contributed by atoms with Gasteiger partial charge in [-0.2, -0.15) is 8.42 Å². The Hall–Kier alpha value is -0.680. The molecule has 0 amide bonds. The van der Waals surface area contributed by atoms with Gasteiger partial charge >= 0.3 is 10.2 Å². The van der Waals surface area contributed by atoms with E-state index in [-0.39, 0.29) is 11.4 Å². The normalized spacial score (nSPS) is 11.6. The minimum atomic E-state index is -4.78. The number of hydrogen-bond acceptors (Lipinski definition) is 2. The van der Waals surface area contributed by atoms with E-state index in [1.807, 2.05) is 0 Å². The molecule has 1 rings (SSSR count).